The molecule has 1 aromatic carbocycles. The molecule has 3 N–H and O–H groups in total. The highest BCUT2D eigenvalue weighted by atomic mass is 79.9. The molecule has 27 heavy (non-hydrogen) atoms. The summed E-state index contributed by atoms with van der Waals surface area (Å²) < 4.78 is 5.64. The fourth-order valence-electron chi connectivity index (χ4n) is 2.03. The molecule has 2 rings (SSSR count). The topological polar surface area (TPSA) is 118 Å². The zero-order valence-electron chi connectivity index (χ0n) is 15.1. The molecule has 0 aliphatic carbocycles. The standard InChI is InChI=1S/C17H20BrN5O4/c1-17(2,3)27-16(24)22-20-9-11-4-6-13(7-5-11)21-15-14(23(25)26)8-12(18)10-19-15/h4-8,10,20H,9H2,1-3H3,(H,19,21)(H,22,24). The SMILES string of the molecule is CC(C)(C)OC(=O)NNCc1ccc(Nc2ncc(Br)cc2[N+](=O)[O-])cc1. The van der Waals surface area contributed by atoms with Gasteiger partial charge in [-0.2, -0.15) is 0 Å². The molecule has 0 saturated heterocycles. The predicted molar refractivity (Wildman–Crippen MR) is 105 cm³/mol. The number of nitro groups is 1. The quantitative estimate of drug-likeness (QED) is 0.460. The van der Waals surface area contributed by atoms with Crippen LogP contribution < -0.4 is 16.2 Å². The average molecular weight is 438 g/mol. The van der Waals surface area contributed by atoms with Crippen LogP contribution in [-0.4, -0.2) is 21.6 Å². The molecule has 0 saturated carbocycles. The second-order valence-corrected chi connectivity index (χ2v) is 7.50. The number of nitrogens with one attached hydrogen (secondary N) is 3. The molecule has 0 unspecified atom stereocenters. The van der Waals surface area contributed by atoms with Crippen LogP contribution in [0.3, 0.4) is 0 Å². The van der Waals surface area contributed by atoms with Gasteiger partial charge in [0.15, 0.2) is 0 Å². The van der Waals surface area contributed by atoms with E-state index in [-0.39, 0.29) is 11.5 Å². The van der Waals surface area contributed by atoms with Gasteiger partial charge in [-0.3, -0.25) is 15.5 Å². The van der Waals surface area contributed by atoms with Crippen LogP contribution in [0, 0.1) is 10.1 Å². The zero-order chi connectivity index (χ0) is 20.0. The molecular weight excluding hydrogens is 418 g/mol. The molecule has 0 aliphatic heterocycles. The van der Waals surface area contributed by atoms with E-state index in [9.17, 15) is 14.9 Å². The van der Waals surface area contributed by atoms with Gasteiger partial charge < -0.3 is 10.1 Å². The Balaban J connectivity index is 1.92. The number of ether oxygens (including phenoxy) is 1. The largest absolute Gasteiger partial charge is 0.443 e. The van der Waals surface area contributed by atoms with Crippen LogP contribution in [0.25, 0.3) is 0 Å². The van der Waals surface area contributed by atoms with Crippen molar-refractivity contribution in [2.75, 3.05) is 5.32 Å². The number of anilines is 2. The third-order valence-corrected chi connectivity index (χ3v) is 3.56. The fourth-order valence-corrected chi connectivity index (χ4v) is 2.35. The molecule has 10 heteroatoms. The molecule has 1 amide bonds. The summed E-state index contributed by atoms with van der Waals surface area (Å²) in [6.07, 6.45) is 0.921. The number of aromatic nitrogens is 1. The van der Waals surface area contributed by atoms with E-state index in [2.05, 4.69) is 37.1 Å². The van der Waals surface area contributed by atoms with Gasteiger partial charge >= 0.3 is 11.8 Å². The molecule has 0 bridgehead atoms. The average Bonchev–Trinajstić information content (AvgIpc) is 2.56. The van der Waals surface area contributed by atoms with E-state index in [0.29, 0.717) is 16.7 Å². The van der Waals surface area contributed by atoms with Crippen molar-refractivity contribution in [1.29, 1.82) is 0 Å². The molecule has 0 atom stereocenters. The third kappa shape index (κ3) is 6.83. The minimum Gasteiger partial charge on any atom is -0.443 e. The number of rotatable bonds is 6. The Morgan fingerprint density at radius 1 is 1.30 bits per heavy atom. The first kappa shape index (κ1) is 20.6. The fraction of sp³-hybridized carbons (Fsp3) is 0.294. The summed E-state index contributed by atoms with van der Waals surface area (Å²) >= 11 is 3.17. The smallest absolute Gasteiger partial charge is 0.422 e. The molecule has 1 aromatic heterocycles. The highest BCUT2D eigenvalue weighted by Crippen LogP contribution is 2.28. The van der Waals surface area contributed by atoms with Crippen LogP contribution in [0.2, 0.25) is 0 Å². The van der Waals surface area contributed by atoms with Crippen molar-refractivity contribution < 1.29 is 14.5 Å². The summed E-state index contributed by atoms with van der Waals surface area (Å²) in [6.45, 7) is 5.73. The van der Waals surface area contributed by atoms with Gasteiger partial charge in [0.05, 0.1) is 4.92 Å². The molecule has 2 aromatic rings. The van der Waals surface area contributed by atoms with Crippen molar-refractivity contribution in [2.24, 2.45) is 0 Å². The van der Waals surface area contributed by atoms with Crippen molar-refractivity contribution in [3.8, 4) is 0 Å². The van der Waals surface area contributed by atoms with Crippen LogP contribution >= 0.6 is 15.9 Å². The first-order valence-corrected chi connectivity index (χ1v) is 8.81. The Bertz CT molecular complexity index is 821. The van der Waals surface area contributed by atoms with Crippen LogP contribution in [0.15, 0.2) is 41.0 Å². The maximum Gasteiger partial charge on any atom is 0.422 e. The van der Waals surface area contributed by atoms with Crippen LogP contribution in [-0.2, 0) is 11.3 Å². The Morgan fingerprint density at radius 2 is 1.96 bits per heavy atom. The Morgan fingerprint density at radius 3 is 2.56 bits per heavy atom. The number of halogens is 1. The van der Waals surface area contributed by atoms with E-state index in [1.165, 1.54) is 12.3 Å². The van der Waals surface area contributed by atoms with Crippen LogP contribution in [0.1, 0.15) is 26.3 Å². The summed E-state index contributed by atoms with van der Waals surface area (Å²) in [5, 5.41) is 14.1. The lowest BCUT2D eigenvalue weighted by Crippen LogP contribution is -2.40. The van der Waals surface area contributed by atoms with Gasteiger partial charge in [-0.1, -0.05) is 12.1 Å². The molecule has 0 fully saturated rings. The minimum absolute atomic E-state index is 0.128. The van der Waals surface area contributed by atoms with E-state index >= 15 is 0 Å². The first-order chi connectivity index (χ1) is 12.6. The van der Waals surface area contributed by atoms with Crippen LogP contribution in [0.4, 0.5) is 22.0 Å². The molecule has 0 spiro atoms. The number of hydrogen-bond donors (Lipinski definition) is 3. The summed E-state index contributed by atoms with van der Waals surface area (Å²) in [5.41, 5.74) is 6.08. The molecule has 144 valence electrons. The van der Waals surface area contributed by atoms with E-state index < -0.39 is 16.6 Å². The van der Waals surface area contributed by atoms with E-state index in [1.807, 2.05) is 12.1 Å². The lowest BCUT2D eigenvalue weighted by Gasteiger charge is -2.19. The zero-order valence-corrected chi connectivity index (χ0v) is 16.7. The summed E-state index contributed by atoms with van der Waals surface area (Å²) in [7, 11) is 0. The van der Waals surface area contributed by atoms with Crippen LogP contribution in [0.5, 0.6) is 0 Å². The Hall–Kier alpha value is -2.72. The highest BCUT2D eigenvalue weighted by molar-refractivity contribution is 9.10. The number of nitrogens with zero attached hydrogens (tertiary/aromatic N) is 2. The summed E-state index contributed by atoms with van der Waals surface area (Å²) in [6, 6.07) is 8.54. The number of benzene rings is 1. The van der Waals surface area contributed by atoms with E-state index in [4.69, 9.17) is 4.74 Å². The first-order valence-electron chi connectivity index (χ1n) is 8.02. The Labute approximate surface area is 164 Å². The summed E-state index contributed by atoms with van der Waals surface area (Å²) in [5.74, 6) is 0.153. The normalized spacial score (nSPS) is 11.0. The van der Waals surface area contributed by atoms with Gasteiger partial charge in [0, 0.05) is 29.0 Å². The minimum atomic E-state index is -0.567. The van der Waals surface area contributed by atoms with Gasteiger partial charge in [0.25, 0.3) is 0 Å². The maximum absolute atomic E-state index is 11.5. The maximum atomic E-state index is 11.5. The Kier molecular flexibility index (Phi) is 6.70. The molecular formula is C17H20BrN5O4. The van der Waals surface area contributed by atoms with E-state index in [0.717, 1.165) is 5.56 Å². The number of carbonyl (C=O) groups excluding carboxylic acids is 1. The van der Waals surface area contributed by atoms with Gasteiger partial charge in [0.1, 0.15) is 5.60 Å². The molecule has 0 aliphatic rings. The van der Waals surface area contributed by atoms with Crippen molar-refractivity contribution >= 4 is 39.2 Å². The second-order valence-electron chi connectivity index (χ2n) is 6.58. The highest BCUT2D eigenvalue weighted by Gasteiger charge is 2.16. The third-order valence-electron chi connectivity index (χ3n) is 3.13. The summed E-state index contributed by atoms with van der Waals surface area (Å²) in [4.78, 5) is 26.2. The lowest BCUT2D eigenvalue weighted by molar-refractivity contribution is -0.384. The number of carbonyl (C=O) groups is 1. The number of hydrazine groups is 1. The second kappa shape index (κ2) is 8.78. The monoisotopic (exact) mass is 437 g/mol. The predicted octanol–water partition coefficient (Wildman–Crippen LogP) is 4.03. The van der Waals surface area contributed by atoms with E-state index in [1.54, 1.807) is 32.9 Å². The van der Waals surface area contributed by atoms with Gasteiger partial charge in [-0.05, 0) is 54.4 Å². The lowest BCUT2D eigenvalue weighted by atomic mass is 10.2. The number of hydrogen-bond acceptors (Lipinski definition) is 7. The van der Waals surface area contributed by atoms with Crippen molar-refractivity contribution in [3.63, 3.8) is 0 Å². The van der Waals surface area contributed by atoms with Gasteiger partial charge in [0.2, 0.25) is 5.82 Å². The van der Waals surface area contributed by atoms with Gasteiger partial charge in [-0.25, -0.2) is 15.2 Å². The van der Waals surface area contributed by atoms with Crippen molar-refractivity contribution in [3.05, 3.63) is 56.7 Å². The number of amides is 1. The molecule has 1 heterocycles. The number of pyridine rings is 1. The van der Waals surface area contributed by atoms with Crippen molar-refractivity contribution in [2.45, 2.75) is 32.9 Å². The van der Waals surface area contributed by atoms with Crippen molar-refractivity contribution in [1.82, 2.24) is 15.8 Å². The molecule has 0 radical (unpaired) electrons. The molecule has 9 nitrogen and oxygen atoms in total. The van der Waals surface area contributed by atoms with Gasteiger partial charge in [-0.15, -0.1) is 0 Å².